The molecule has 0 atom stereocenters. The Hall–Kier alpha value is -3.26. The Balaban J connectivity index is 1.44. The van der Waals surface area contributed by atoms with Crippen LogP contribution in [0.2, 0.25) is 0 Å². The molecule has 0 N–H and O–H groups in total. The van der Waals surface area contributed by atoms with Gasteiger partial charge in [0.2, 0.25) is 5.43 Å². The first-order chi connectivity index (χ1) is 14.4. The number of hydrogen-bond acceptors (Lipinski definition) is 6. The maximum atomic E-state index is 12.3. The van der Waals surface area contributed by atoms with Gasteiger partial charge in [-0.2, -0.15) is 10.2 Å². The number of nitrogens with zero attached hydrogens (tertiary/aromatic N) is 4. The van der Waals surface area contributed by atoms with Gasteiger partial charge in [0.1, 0.15) is 18.0 Å². The lowest BCUT2D eigenvalue weighted by molar-refractivity contribution is -0.164. The summed E-state index contributed by atoms with van der Waals surface area (Å²) < 4.78 is 13.9. The van der Waals surface area contributed by atoms with Gasteiger partial charge >= 0.3 is 5.97 Å². The summed E-state index contributed by atoms with van der Waals surface area (Å²) in [6.45, 7) is 3.65. The summed E-state index contributed by atoms with van der Waals surface area (Å²) in [7, 11) is 1.82. The van der Waals surface area contributed by atoms with Crippen LogP contribution in [0, 0.1) is 5.41 Å². The van der Waals surface area contributed by atoms with Crippen LogP contribution in [0.25, 0.3) is 5.69 Å². The molecule has 4 rings (SSSR count). The van der Waals surface area contributed by atoms with Crippen LogP contribution in [0.5, 0.6) is 0 Å². The molecule has 0 bridgehead atoms. The number of rotatable bonds is 7. The molecule has 8 nitrogen and oxygen atoms in total. The van der Waals surface area contributed by atoms with E-state index in [-0.39, 0.29) is 23.2 Å². The number of aromatic nitrogens is 4. The zero-order valence-corrected chi connectivity index (χ0v) is 17.1. The summed E-state index contributed by atoms with van der Waals surface area (Å²) in [5, 5.41) is 8.60. The van der Waals surface area contributed by atoms with Crippen molar-refractivity contribution in [1.29, 1.82) is 0 Å². The topological polar surface area (TPSA) is 88.2 Å². The zero-order valence-electron chi connectivity index (χ0n) is 17.1. The predicted octanol–water partition coefficient (Wildman–Crippen LogP) is 1.68. The number of carbonyl (C=O) groups excluding carboxylic acids is 1. The standard InChI is InChI=1S/C22H24N4O4/c1-22(13-29-14-22)15-30-21(28)10-17-5-3-4-16(8-17)9-19-20(27)6-7-26(24-19)18-11-23-25(2)12-18/h3-8,11-12H,9-10,13-15H2,1-2H3. The van der Waals surface area contributed by atoms with Crippen molar-refractivity contribution in [3.05, 3.63) is 76.0 Å². The molecule has 1 fully saturated rings. The monoisotopic (exact) mass is 408 g/mol. The van der Waals surface area contributed by atoms with E-state index in [1.165, 1.54) is 6.07 Å². The van der Waals surface area contributed by atoms with E-state index in [1.54, 1.807) is 21.8 Å². The van der Waals surface area contributed by atoms with Gasteiger partial charge in [0.15, 0.2) is 0 Å². The van der Waals surface area contributed by atoms with Crippen LogP contribution in [0.4, 0.5) is 0 Å². The van der Waals surface area contributed by atoms with Crippen molar-refractivity contribution in [2.45, 2.75) is 19.8 Å². The average Bonchev–Trinajstić information content (AvgIpc) is 3.13. The van der Waals surface area contributed by atoms with Crippen molar-refractivity contribution in [3.8, 4) is 5.69 Å². The molecule has 0 aliphatic carbocycles. The lowest BCUT2D eigenvalue weighted by Gasteiger charge is -2.37. The van der Waals surface area contributed by atoms with Crippen LogP contribution in [0.1, 0.15) is 23.7 Å². The van der Waals surface area contributed by atoms with Gasteiger partial charge in [0.25, 0.3) is 0 Å². The molecule has 0 spiro atoms. The average molecular weight is 408 g/mol. The molecule has 0 radical (unpaired) electrons. The minimum Gasteiger partial charge on any atom is -0.465 e. The Kier molecular flexibility index (Phi) is 5.50. The maximum Gasteiger partial charge on any atom is 0.310 e. The van der Waals surface area contributed by atoms with Crippen LogP contribution in [-0.2, 0) is 34.2 Å². The lowest BCUT2D eigenvalue weighted by atomic mass is 9.90. The molecule has 156 valence electrons. The Bertz CT molecular complexity index is 1110. The van der Waals surface area contributed by atoms with Crippen LogP contribution in [0.15, 0.2) is 53.7 Å². The highest BCUT2D eigenvalue weighted by Crippen LogP contribution is 2.26. The highest BCUT2D eigenvalue weighted by Gasteiger charge is 2.34. The van der Waals surface area contributed by atoms with Gasteiger partial charge in [-0.3, -0.25) is 14.3 Å². The Morgan fingerprint density at radius 2 is 2.07 bits per heavy atom. The fourth-order valence-electron chi connectivity index (χ4n) is 3.29. The Labute approximate surface area is 174 Å². The summed E-state index contributed by atoms with van der Waals surface area (Å²) in [5.41, 5.74) is 2.77. The quantitative estimate of drug-likeness (QED) is 0.553. The number of hydrogen-bond donors (Lipinski definition) is 0. The molecule has 1 aliphatic rings. The second kappa shape index (κ2) is 8.23. The van der Waals surface area contributed by atoms with Gasteiger partial charge in [0, 0.05) is 31.1 Å². The summed E-state index contributed by atoms with van der Waals surface area (Å²) in [4.78, 5) is 24.5. The van der Waals surface area contributed by atoms with Crippen LogP contribution in [-0.4, -0.2) is 45.4 Å². The van der Waals surface area contributed by atoms with Crippen molar-refractivity contribution in [3.63, 3.8) is 0 Å². The van der Waals surface area contributed by atoms with Crippen LogP contribution >= 0.6 is 0 Å². The van der Waals surface area contributed by atoms with Gasteiger partial charge in [-0.1, -0.05) is 31.2 Å². The molecule has 0 amide bonds. The molecule has 1 aromatic carbocycles. The van der Waals surface area contributed by atoms with Gasteiger partial charge in [-0.05, 0) is 11.1 Å². The minimum absolute atomic E-state index is 0.0648. The number of aryl methyl sites for hydroxylation is 1. The molecule has 0 saturated carbocycles. The van der Waals surface area contributed by atoms with E-state index < -0.39 is 0 Å². The third kappa shape index (κ3) is 4.65. The third-order valence-electron chi connectivity index (χ3n) is 5.03. The van der Waals surface area contributed by atoms with Crippen molar-refractivity contribution >= 4 is 5.97 Å². The van der Waals surface area contributed by atoms with Gasteiger partial charge in [-0.15, -0.1) is 0 Å². The minimum atomic E-state index is -0.267. The molecule has 2 aromatic heterocycles. The van der Waals surface area contributed by atoms with E-state index in [1.807, 2.05) is 44.4 Å². The first kappa shape index (κ1) is 20.0. The first-order valence-corrected chi connectivity index (χ1v) is 9.79. The largest absolute Gasteiger partial charge is 0.465 e. The summed E-state index contributed by atoms with van der Waals surface area (Å²) in [5.74, 6) is -0.267. The number of ether oxygens (including phenoxy) is 2. The van der Waals surface area contributed by atoms with E-state index >= 15 is 0 Å². The van der Waals surface area contributed by atoms with Crippen molar-refractivity contribution in [2.24, 2.45) is 12.5 Å². The molecule has 1 aliphatic heterocycles. The number of carbonyl (C=O) groups is 1. The van der Waals surface area contributed by atoms with Crippen molar-refractivity contribution < 1.29 is 14.3 Å². The van der Waals surface area contributed by atoms with E-state index in [4.69, 9.17) is 9.47 Å². The molecule has 8 heteroatoms. The number of benzene rings is 1. The molecule has 1 saturated heterocycles. The zero-order chi connectivity index (χ0) is 21.1. The normalized spacial score (nSPS) is 14.9. The SMILES string of the molecule is Cn1cc(-n2ccc(=O)c(Cc3cccc(CC(=O)OCC4(C)COC4)c3)n2)cn1. The molecule has 3 heterocycles. The Morgan fingerprint density at radius 3 is 2.77 bits per heavy atom. The second-order valence-corrected chi connectivity index (χ2v) is 8.08. The van der Waals surface area contributed by atoms with Crippen LogP contribution < -0.4 is 5.43 Å². The van der Waals surface area contributed by atoms with Gasteiger partial charge in [-0.25, -0.2) is 4.68 Å². The molecular weight excluding hydrogens is 384 g/mol. The van der Waals surface area contributed by atoms with E-state index in [2.05, 4.69) is 10.2 Å². The van der Waals surface area contributed by atoms with Gasteiger partial charge in [0.05, 0.1) is 32.0 Å². The third-order valence-corrected chi connectivity index (χ3v) is 5.03. The fourth-order valence-corrected chi connectivity index (χ4v) is 3.29. The Morgan fingerprint density at radius 1 is 1.27 bits per heavy atom. The highest BCUT2D eigenvalue weighted by molar-refractivity contribution is 5.72. The molecule has 0 unspecified atom stereocenters. The number of esters is 1. The van der Waals surface area contributed by atoms with E-state index in [9.17, 15) is 9.59 Å². The molecule has 3 aromatic rings. The lowest BCUT2D eigenvalue weighted by Crippen LogP contribution is -2.44. The predicted molar refractivity (Wildman–Crippen MR) is 109 cm³/mol. The summed E-state index contributed by atoms with van der Waals surface area (Å²) >= 11 is 0. The first-order valence-electron chi connectivity index (χ1n) is 9.79. The smallest absolute Gasteiger partial charge is 0.310 e. The van der Waals surface area contributed by atoms with Crippen molar-refractivity contribution in [1.82, 2.24) is 19.6 Å². The highest BCUT2D eigenvalue weighted by atomic mass is 16.5. The summed E-state index contributed by atoms with van der Waals surface area (Å²) in [6, 6.07) is 9.09. The van der Waals surface area contributed by atoms with E-state index in [0.717, 1.165) is 16.8 Å². The second-order valence-electron chi connectivity index (χ2n) is 8.08. The van der Waals surface area contributed by atoms with Crippen LogP contribution in [0.3, 0.4) is 0 Å². The fraction of sp³-hybridized carbons (Fsp3) is 0.364. The maximum absolute atomic E-state index is 12.3. The van der Waals surface area contributed by atoms with Crippen molar-refractivity contribution in [2.75, 3.05) is 19.8 Å². The molecule has 30 heavy (non-hydrogen) atoms. The summed E-state index contributed by atoms with van der Waals surface area (Å²) in [6.07, 6.45) is 5.70. The van der Waals surface area contributed by atoms with E-state index in [0.29, 0.717) is 31.9 Å². The van der Waals surface area contributed by atoms with Gasteiger partial charge < -0.3 is 9.47 Å². The molecular formula is C22H24N4O4.